The van der Waals surface area contributed by atoms with Gasteiger partial charge in [0.05, 0.1) is 23.7 Å². The molecule has 0 radical (unpaired) electrons. The van der Waals surface area contributed by atoms with Crippen LogP contribution in [0.1, 0.15) is 28.8 Å². The molecule has 3 heterocycles. The fourth-order valence-electron chi connectivity index (χ4n) is 3.98. The Morgan fingerprint density at radius 1 is 1.10 bits per heavy atom. The molecule has 7 nitrogen and oxygen atoms in total. The number of anilines is 1. The Morgan fingerprint density at radius 3 is 2.57 bits per heavy atom. The molecule has 1 amide bonds. The molecule has 0 bridgehead atoms. The fourth-order valence-corrected chi connectivity index (χ4v) is 3.98. The fraction of sp³-hybridized carbons (Fsp3) is 0.261. The summed E-state index contributed by atoms with van der Waals surface area (Å²) in [5.41, 5.74) is 10.5. The topological polar surface area (TPSA) is 95.1 Å². The van der Waals surface area contributed by atoms with E-state index in [2.05, 4.69) is 5.32 Å². The smallest absolute Gasteiger partial charge is 0.257 e. The molecule has 7 heteroatoms. The number of benzene rings is 2. The molecule has 1 atom stereocenters. The first-order valence-corrected chi connectivity index (χ1v) is 10.2. The lowest BCUT2D eigenvalue weighted by atomic mass is 10.2. The average molecular weight is 401 g/mol. The Labute approximate surface area is 173 Å². The zero-order valence-corrected chi connectivity index (χ0v) is 16.5. The van der Waals surface area contributed by atoms with Crippen molar-refractivity contribution in [3.8, 4) is 0 Å². The highest BCUT2D eigenvalue weighted by atomic mass is 16.5. The monoisotopic (exact) mass is 401 g/mol. The molecule has 0 saturated carbocycles. The van der Waals surface area contributed by atoms with E-state index in [1.807, 2.05) is 59.2 Å². The van der Waals surface area contributed by atoms with Crippen LogP contribution in [0.3, 0.4) is 0 Å². The maximum atomic E-state index is 13.1. The normalized spacial score (nSPS) is 16.3. The first-order valence-electron chi connectivity index (χ1n) is 10.2. The lowest BCUT2D eigenvalue weighted by Crippen LogP contribution is -2.24. The molecule has 3 N–H and O–H groups in total. The van der Waals surface area contributed by atoms with Gasteiger partial charge < -0.3 is 20.4 Å². The van der Waals surface area contributed by atoms with Gasteiger partial charge in [0.15, 0.2) is 5.65 Å². The second-order valence-electron chi connectivity index (χ2n) is 7.56. The van der Waals surface area contributed by atoms with E-state index < -0.39 is 0 Å². The Kier molecular flexibility index (Phi) is 4.80. The highest BCUT2D eigenvalue weighted by Crippen LogP contribution is 2.29. The summed E-state index contributed by atoms with van der Waals surface area (Å²) in [5.74, 6) is 0.124. The van der Waals surface area contributed by atoms with Gasteiger partial charge in [-0.3, -0.25) is 4.79 Å². The van der Waals surface area contributed by atoms with Gasteiger partial charge in [0.1, 0.15) is 16.9 Å². The van der Waals surface area contributed by atoms with Crippen LogP contribution in [-0.4, -0.2) is 33.2 Å². The van der Waals surface area contributed by atoms with Crippen molar-refractivity contribution in [3.63, 3.8) is 0 Å². The summed E-state index contributed by atoms with van der Waals surface area (Å²) in [4.78, 5) is 22.7. The van der Waals surface area contributed by atoms with Gasteiger partial charge in [0.2, 0.25) is 0 Å². The molecule has 152 valence electrons. The third kappa shape index (κ3) is 3.37. The SMILES string of the molecule is Nc1c(C(=O)NCc2ccccc2)c2nc3ccccc3nc2n1C[C@H]1CCCO1. The van der Waals surface area contributed by atoms with Crippen molar-refractivity contribution in [2.24, 2.45) is 0 Å². The highest BCUT2D eigenvalue weighted by Gasteiger charge is 2.26. The minimum atomic E-state index is -0.253. The van der Waals surface area contributed by atoms with E-state index in [4.69, 9.17) is 20.4 Å². The predicted octanol–water partition coefficient (Wildman–Crippen LogP) is 3.28. The van der Waals surface area contributed by atoms with E-state index in [0.717, 1.165) is 36.0 Å². The Bertz CT molecular complexity index is 1210. The van der Waals surface area contributed by atoms with E-state index in [9.17, 15) is 4.79 Å². The minimum absolute atomic E-state index is 0.0661. The summed E-state index contributed by atoms with van der Waals surface area (Å²) in [7, 11) is 0. The molecule has 0 aliphatic carbocycles. The van der Waals surface area contributed by atoms with Crippen molar-refractivity contribution >= 4 is 33.9 Å². The van der Waals surface area contributed by atoms with Gasteiger partial charge >= 0.3 is 0 Å². The van der Waals surface area contributed by atoms with Crippen molar-refractivity contribution in [1.82, 2.24) is 19.9 Å². The average Bonchev–Trinajstić information content (AvgIpc) is 3.38. The molecule has 1 fully saturated rings. The molecular formula is C23H23N5O2. The number of para-hydroxylation sites is 2. The molecule has 0 unspecified atom stereocenters. The van der Waals surface area contributed by atoms with Crippen LogP contribution in [0.2, 0.25) is 0 Å². The van der Waals surface area contributed by atoms with E-state index in [-0.39, 0.29) is 12.0 Å². The molecular weight excluding hydrogens is 378 g/mol. The second-order valence-corrected chi connectivity index (χ2v) is 7.56. The summed E-state index contributed by atoms with van der Waals surface area (Å²) in [5, 5.41) is 2.97. The minimum Gasteiger partial charge on any atom is -0.384 e. The second kappa shape index (κ2) is 7.76. The number of carbonyl (C=O) groups is 1. The molecule has 1 aliphatic heterocycles. The van der Waals surface area contributed by atoms with Gasteiger partial charge in [-0.25, -0.2) is 9.97 Å². The van der Waals surface area contributed by atoms with Crippen LogP contribution < -0.4 is 11.1 Å². The van der Waals surface area contributed by atoms with Crippen molar-refractivity contribution in [2.75, 3.05) is 12.3 Å². The Balaban J connectivity index is 1.57. The molecule has 1 aliphatic rings. The number of ether oxygens (including phenoxy) is 1. The van der Waals surface area contributed by atoms with E-state index in [1.54, 1.807) is 0 Å². The predicted molar refractivity (Wildman–Crippen MR) is 116 cm³/mol. The molecule has 2 aromatic heterocycles. The van der Waals surface area contributed by atoms with Crippen molar-refractivity contribution in [3.05, 3.63) is 65.7 Å². The number of rotatable bonds is 5. The van der Waals surface area contributed by atoms with Crippen molar-refractivity contribution in [1.29, 1.82) is 0 Å². The molecule has 30 heavy (non-hydrogen) atoms. The van der Waals surface area contributed by atoms with Crippen LogP contribution in [0.25, 0.3) is 22.2 Å². The summed E-state index contributed by atoms with van der Waals surface area (Å²) in [6, 6.07) is 17.4. The highest BCUT2D eigenvalue weighted by molar-refractivity contribution is 6.10. The zero-order chi connectivity index (χ0) is 20.5. The number of hydrogen-bond acceptors (Lipinski definition) is 5. The lowest BCUT2D eigenvalue weighted by Gasteiger charge is -2.13. The third-order valence-corrected chi connectivity index (χ3v) is 5.52. The first-order chi connectivity index (χ1) is 14.7. The zero-order valence-electron chi connectivity index (χ0n) is 16.5. The van der Waals surface area contributed by atoms with Gasteiger partial charge in [-0.15, -0.1) is 0 Å². The van der Waals surface area contributed by atoms with Crippen LogP contribution in [0.4, 0.5) is 5.82 Å². The number of aromatic nitrogens is 3. The number of fused-ring (bicyclic) bond motifs is 2. The van der Waals surface area contributed by atoms with Crippen LogP contribution in [0.15, 0.2) is 54.6 Å². The number of hydrogen-bond donors (Lipinski definition) is 2. The summed E-state index contributed by atoms with van der Waals surface area (Å²) < 4.78 is 7.68. The summed E-state index contributed by atoms with van der Waals surface area (Å²) >= 11 is 0. The number of amides is 1. The number of nitrogens with zero attached hydrogens (tertiary/aromatic N) is 3. The third-order valence-electron chi connectivity index (χ3n) is 5.52. The molecule has 1 saturated heterocycles. The number of carbonyl (C=O) groups excluding carboxylic acids is 1. The van der Waals surface area contributed by atoms with Gasteiger partial charge in [-0.1, -0.05) is 42.5 Å². The van der Waals surface area contributed by atoms with E-state index >= 15 is 0 Å². The molecule has 2 aromatic carbocycles. The maximum absolute atomic E-state index is 13.1. The van der Waals surface area contributed by atoms with Crippen molar-refractivity contribution < 1.29 is 9.53 Å². The molecule has 4 aromatic rings. The Morgan fingerprint density at radius 2 is 1.83 bits per heavy atom. The van der Waals surface area contributed by atoms with Crippen LogP contribution in [0, 0.1) is 0 Å². The van der Waals surface area contributed by atoms with Gasteiger partial charge in [0, 0.05) is 13.2 Å². The van der Waals surface area contributed by atoms with E-state index in [1.165, 1.54) is 0 Å². The molecule has 5 rings (SSSR count). The van der Waals surface area contributed by atoms with E-state index in [0.29, 0.717) is 35.6 Å². The Hall–Kier alpha value is -3.45. The van der Waals surface area contributed by atoms with Gasteiger partial charge in [-0.05, 0) is 30.5 Å². The lowest BCUT2D eigenvalue weighted by molar-refractivity contribution is 0.0947. The molecule has 0 spiro atoms. The van der Waals surface area contributed by atoms with Gasteiger partial charge in [0.25, 0.3) is 5.91 Å². The van der Waals surface area contributed by atoms with Crippen molar-refractivity contribution in [2.45, 2.75) is 32.0 Å². The summed E-state index contributed by atoms with van der Waals surface area (Å²) in [6.07, 6.45) is 2.06. The maximum Gasteiger partial charge on any atom is 0.257 e. The quantitative estimate of drug-likeness (QED) is 0.535. The number of nitrogen functional groups attached to an aromatic ring is 1. The first kappa shape index (κ1) is 18.6. The van der Waals surface area contributed by atoms with Crippen LogP contribution in [0.5, 0.6) is 0 Å². The van der Waals surface area contributed by atoms with Crippen LogP contribution >= 0.6 is 0 Å². The summed E-state index contributed by atoms with van der Waals surface area (Å²) in [6.45, 7) is 1.72. The number of nitrogens with one attached hydrogen (secondary N) is 1. The standard InChI is InChI=1S/C23H23N5O2/c24-21-19(23(29)25-13-15-7-2-1-3-8-15)20-22(28(21)14-16-9-6-12-30-16)27-18-11-5-4-10-17(18)26-20/h1-5,7-8,10-11,16H,6,9,12-14,24H2,(H,25,29)/t16-/m1/s1. The van der Waals surface area contributed by atoms with Crippen LogP contribution in [-0.2, 0) is 17.8 Å². The largest absolute Gasteiger partial charge is 0.384 e. The van der Waals surface area contributed by atoms with Gasteiger partial charge in [-0.2, -0.15) is 0 Å². The number of nitrogens with two attached hydrogens (primary N) is 1.